The fourth-order valence-corrected chi connectivity index (χ4v) is 0.920. The Morgan fingerprint density at radius 1 is 1.78 bits per heavy atom. The van der Waals surface area contributed by atoms with E-state index in [1.807, 2.05) is 12.2 Å². The first kappa shape index (κ1) is 6.92. The van der Waals surface area contributed by atoms with Crippen LogP contribution in [0.4, 0.5) is 0 Å². The summed E-state index contributed by atoms with van der Waals surface area (Å²) in [6.45, 7) is 2.07. The van der Waals surface area contributed by atoms with E-state index in [0.717, 1.165) is 13.1 Å². The molecule has 1 saturated heterocycles. The fourth-order valence-electron chi connectivity index (χ4n) is 0.821. The molecule has 0 aromatic heterocycles. The maximum atomic E-state index is 4.61. The standard InChI is InChI=1S/C5H10N3S/c1-7(5-9)8-4-2-3-6-8/h6H,2-4H2,1H3. The first-order valence-corrected chi connectivity index (χ1v) is 3.38. The van der Waals surface area contributed by atoms with E-state index in [-0.39, 0.29) is 0 Å². The van der Waals surface area contributed by atoms with Crippen LogP contribution in [0, 0.1) is 0 Å². The van der Waals surface area contributed by atoms with Gasteiger partial charge >= 0.3 is 0 Å². The van der Waals surface area contributed by atoms with Gasteiger partial charge in [-0.25, -0.2) is 5.43 Å². The summed E-state index contributed by atoms with van der Waals surface area (Å²) in [6.07, 6.45) is 1.18. The van der Waals surface area contributed by atoms with Crippen LogP contribution in [-0.2, 0) is 0 Å². The van der Waals surface area contributed by atoms with Gasteiger partial charge in [0.25, 0.3) is 0 Å². The highest BCUT2D eigenvalue weighted by Gasteiger charge is 2.12. The average Bonchev–Trinajstić information content (AvgIpc) is 2.37. The highest BCUT2D eigenvalue weighted by atomic mass is 32.1. The Labute approximate surface area is 60.6 Å². The predicted molar refractivity (Wildman–Crippen MR) is 39.7 cm³/mol. The van der Waals surface area contributed by atoms with Crippen LogP contribution < -0.4 is 5.43 Å². The summed E-state index contributed by atoms with van der Waals surface area (Å²) in [6, 6.07) is 0. The fraction of sp³-hybridized carbons (Fsp3) is 0.800. The number of nitrogens with zero attached hydrogens (tertiary/aromatic N) is 2. The van der Waals surface area contributed by atoms with Gasteiger partial charge in [0.1, 0.15) is 0 Å². The van der Waals surface area contributed by atoms with E-state index in [2.05, 4.69) is 23.1 Å². The Morgan fingerprint density at radius 2 is 2.56 bits per heavy atom. The Kier molecular flexibility index (Phi) is 2.38. The lowest BCUT2D eigenvalue weighted by molar-refractivity contribution is 0.0552. The van der Waals surface area contributed by atoms with E-state index in [4.69, 9.17) is 0 Å². The molecule has 1 aliphatic heterocycles. The zero-order valence-electron chi connectivity index (χ0n) is 5.42. The van der Waals surface area contributed by atoms with E-state index >= 15 is 0 Å². The average molecular weight is 144 g/mol. The third-order valence-corrected chi connectivity index (χ3v) is 1.60. The predicted octanol–water partition coefficient (Wildman–Crippen LogP) is -0.122. The molecule has 9 heavy (non-hydrogen) atoms. The van der Waals surface area contributed by atoms with Gasteiger partial charge in [-0.1, -0.05) is 12.2 Å². The number of hydrogen-bond donors (Lipinski definition) is 1. The first-order chi connectivity index (χ1) is 4.34. The normalized spacial score (nSPS) is 20.1. The van der Waals surface area contributed by atoms with Gasteiger partial charge in [-0.15, -0.1) is 0 Å². The first-order valence-electron chi connectivity index (χ1n) is 2.97. The van der Waals surface area contributed by atoms with Crippen LogP contribution in [0.5, 0.6) is 0 Å². The summed E-state index contributed by atoms with van der Waals surface area (Å²) < 4.78 is 0. The molecule has 0 atom stereocenters. The monoisotopic (exact) mass is 144 g/mol. The van der Waals surface area contributed by atoms with Gasteiger partial charge in [0, 0.05) is 20.1 Å². The van der Waals surface area contributed by atoms with Crippen LogP contribution in [0.25, 0.3) is 0 Å². The molecular weight excluding hydrogens is 134 g/mol. The lowest BCUT2D eigenvalue weighted by Crippen LogP contribution is -2.43. The molecule has 0 unspecified atom stereocenters. The molecular formula is C5H10N3S. The minimum atomic E-state index is 1.03. The van der Waals surface area contributed by atoms with Crippen molar-refractivity contribution in [2.24, 2.45) is 0 Å². The maximum Gasteiger partial charge on any atom is 0.153 e. The zero-order valence-corrected chi connectivity index (χ0v) is 6.24. The van der Waals surface area contributed by atoms with E-state index in [9.17, 15) is 0 Å². The molecule has 0 spiro atoms. The van der Waals surface area contributed by atoms with E-state index in [1.165, 1.54) is 6.42 Å². The van der Waals surface area contributed by atoms with Crippen molar-refractivity contribution in [3.8, 4) is 0 Å². The van der Waals surface area contributed by atoms with Gasteiger partial charge in [0.05, 0.1) is 0 Å². The molecule has 0 bridgehead atoms. The SMILES string of the molecule is CN([C]=S)N1CCCN1. The third-order valence-electron chi connectivity index (χ3n) is 1.34. The number of hydrazine groups is 2. The molecule has 1 heterocycles. The quantitative estimate of drug-likeness (QED) is 0.430. The Balaban J connectivity index is 2.32. The van der Waals surface area contributed by atoms with Crippen molar-refractivity contribution in [2.75, 3.05) is 20.1 Å². The van der Waals surface area contributed by atoms with Gasteiger partial charge < -0.3 is 0 Å². The number of thiocarbonyl (C=S) groups is 1. The number of nitrogens with one attached hydrogen (secondary N) is 1. The van der Waals surface area contributed by atoms with Gasteiger partial charge in [0.2, 0.25) is 0 Å². The highest BCUT2D eigenvalue weighted by Crippen LogP contribution is 1.96. The van der Waals surface area contributed by atoms with Crippen molar-refractivity contribution in [3.63, 3.8) is 0 Å². The minimum Gasteiger partial charge on any atom is -0.283 e. The molecule has 1 rings (SSSR count). The van der Waals surface area contributed by atoms with Crippen LogP contribution >= 0.6 is 12.2 Å². The topological polar surface area (TPSA) is 18.5 Å². The molecule has 4 heteroatoms. The van der Waals surface area contributed by atoms with Gasteiger partial charge in [-0.3, -0.25) is 5.01 Å². The second-order valence-electron chi connectivity index (χ2n) is 2.00. The lowest BCUT2D eigenvalue weighted by Gasteiger charge is -2.23. The molecule has 1 fully saturated rings. The molecule has 1 aliphatic rings. The number of rotatable bonds is 2. The molecule has 0 saturated carbocycles. The van der Waals surface area contributed by atoms with Crippen molar-refractivity contribution < 1.29 is 0 Å². The van der Waals surface area contributed by atoms with Crippen LogP contribution in [0.3, 0.4) is 0 Å². The summed E-state index contributed by atoms with van der Waals surface area (Å²) in [7, 11) is 1.88. The van der Waals surface area contributed by atoms with Crippen LogP contribution in [0.2, 0.25) is 0 Å². The number of hydrogen-bond acceptors (Lipinski definition) is 3. The van der Waals surface area contributed by atoms with E-state index < -0.39 is 0 Å². The Bertz CT molecular complexity index is 100. The highest BCUT2D eigenvalue weighted by molar-refractivity contribution is 7.78. The molecule has 0 aliphatic carbocycles. The summed E-state index contributed by atoms with van der Waals surface area (Å²) in [5.41, 5.74) is 5.72. The third kappa shape index (κ3) is 1.61. The van der Waals surface area contributed by atoms with Crippen molar-refractivity contribution >= 4 is 17.7 Å². The summed E-state index contributed by atoms with van der Waals surface area (Å²) in [4.78, 5) is 0. The van der Waals surface area contributed by atoms with Crippen molar-refractivity contribution in [3.05, 3.63) is 0 Å². The van der Waals surface area contributed by atoms with Gasteiger partial charge in [-0.05, 0) is 6.42 Å². The van der Waals surface area contributed by atoms with E-state index in [0.29, 0.717) is 0 Å². The molecule has 0 aromatic rings. The largest absolute Gasteiger partial charge is 0.283 e. The molecule has 0 aromatic carbocycles. The smallest absolute Gasteiger partial charge is 0.153 e. The summed E-state index contributed by atoms with van der Waals surface area (Å²) in [5, 5.41) is 3.70. The van der Waals surface area contributed by atoms with Crippen molar-refractivity contribution in [1.29, 1.82) is 0 Å². The molecule has 3 nitrogen and oxygen atoms in total. The van der Waals surface area contributed by atoms with E-state index in [1.54, 1.807) is 5.01 Å². The Hall–Kier alpha value is -0.190. The summed E-state index contributed by atoms with van der Waals surface area (Å²) >= 11 is 4.61. The molecule has 1 radical (unpaired) electrons. The lowest BCUT2D eigenvalue weighted by atomic mass is 10.5. The van der Waals surface area contributed by atoms with Gasteiger partial charge in [0.15, 0.2) is 5.49 Å². The second kappa shape index (κ2) is 3.10. The van der Waals surface area contributed by atoms with Crippen LogP contribution in [0.1, 0.15) is 6.42 Å². The van der Waals surface area contributed by atoms with Crippen molar-refractivity contribution in [1.82, 2.24) is 15.6 Å². The van der Waals surface area contributed by atoms with Gasteiger partial charge in [-0.2, -0.15) is 5.12 Å². The summed E-state index contributed by atoms with van der Waals surface area (Å²) in [5.74, 6) is 0. The maximum absolute atomic E-state index is 4.61. The zero-order chi connectivity index (χ0) is 6.69. The minimum absolute atomic E-state index is 1.03. The van der Waals surface area contributed by atoms with Crippen LogP contribution in [-0.4, -0.2) is 35.8 Å². The Morgan fingerprint density at radius 3 is 3.00 bits per heavy atom. The molecule has 0 amide bonds. The molecule has 1 N–H and O–H groups in total. The van der Waals surface area contributed by atoms with Crippen molar-refractivity contribution in [2.45, 2.75) is 6.42 Å². The van der Waals surface area contributed by atoms with Crippen LogP contribution in [0.15, 0.2) is 0 Å². The second-order valence-corrected chi connectivity index (χ2v) is 2.18. The molecule has 51 valence electrons.